The number of sulfonamides is 1. The van der Waals surface area contributed by atoms with Crippen molar-refractivity contribution in [2.75, 3.05) is 33.3 Å². The number of likely N-dealkylation sites (N-methyl/N-ethyl adjacent to an activating group) is 1. The van der Waals surface area contributed by atoms with Gasteiger partial charge in [-0.25, -0.2) is 13.1 Å². The minimum absolute atomic E-state index is 0.109. The Morgan fingerprint density at radius 3 is 2.79 bits per heavy atom. The molecule has 1 heterocycles. The maximum absolute atomic E-state index is 12.0. The summed E-state index contributed by atoms with van der Waals surface area (Å²) < 4.78 is 32.2. The van der Waals surface area contributed by atoms with Crippen LogP contribution in [-0.2, 0) is 14.8 Å². The lowest BCUT2D eigenvalue weighted by molar-refractivity contribution is -0.0222. The first-order valence-corrected chi connectivity index (χ1v) is 7.91. The van der Waals surface area contributed by atoms with Gasteiger partial charge >= 0.3 is 0 Å². The van der Waals surface area contributed by atoms with Crippen molar-refractivity contribution >= 4 is 10.0 Å². The van der Waals surface area contributed by atoms with Crippen LogP contribution in [0.5, 0.6) is 0 Å². The second-order valence-electron chi connectivity index (χ2n) is 4.75. The third kappa shape index (κ3) is 4.28. The minimum atomic E-state index is -3.39. The molecule has 1 aromatic rings. The van der Waals surface area contributed by atoms with Crippen LogP contribution < -0.4 is 4.72 Å². The molecular formula is C13H20N2O3S. The summed E-state index contributed by atoms with van der Waals surface area (Å²) in [4.78, 5) is 2.50. The molecule has 1 aromatic carbocycles. The van der Waals surface area contributed by atoms with Gasteiger partial charge in [-0.05, 0) is 25.6 Å². The highest BCUT2D eigenvalue weighted by Crippen LogP contribution is 2.09. The van der Waals surface area contributed by atoms with Gasteiger partial charge in [0.05, 0.1) is 17.6 Å². The Bertz CT molecular complexity index is 490. The van der Waals surface area contributed by atoms with E-state index >= 15 is 0 Å². The van der Waals surface area contributed by atoms with Crippen molar-refractivity contribution in [3.05, 3.63) is 30.3 Å². The zero-order valence-electron chi connectivity index (χ0n) is 11.1. The lowest BCUT2D eigenvalue weighted by atomic mass is 10.2. The third-order valence-electron chi connectivity index (χ3n) is 3.15. The monoisotopic (exact) mass is 284 g/mol. The summed E-state index contributed by atoms with van der Waals surface area (Å²) in [6, 6.07) is 8.41. The largest absolute Gasteiger partial charge is 0.376 e. The fourth-order valence-electron chi connectivity index (χ4n) is 2.08. The normalized spacial score (nSPS) is 21.4. The zero-order valence-corrected chi connectivity index (χ0v) is 11.9. The molecule has 6 heteroatoms. The number of hydrogen-bond acceptors (Lipinski definition) is 4. The molecule has 0 aliphatic carbocycles. The van der Waals surface area contributed by atoms with Gasteiger partial charge < -0.3 is 9.64 Å². The fraction of sp³-hybridized carbons (Fsp3) is 0.538. The highest BCUT2D eigenvalue weighted by atomic mass is 32.2. The summed E-state index contributed by atoms with van der Waals surface area (Å²) in [7, 11) is -1.35. The van der Waals surface area contributed by atoms with E-state index in [1.807, 2.05) is 7.05 Å². The van der Waals surface area contributed by atoms with Crippen molar-refractivity contribution in [2.24, 2.45) is 0 Å². The van der Waals surface area contributed by atoms with Crippen LogP contribution in [0.2, 0.25) is 0 Å². The van der Waals surface area contributed by atoms with E-state index in [4.69, 9.17) is 4.74 Å². The van der Waals surface area contributed by atoms with Crippen molar-refractivity contribution in [1.82, 2.24) is 9.62 Å². The molecule has 0 bridgehead atoms. The zero-order chi connectivity index (χ0) is 13.7. The Labute approximate surface area is 114 Å². The topological polar surface area (TPSA) is 58.6 Å². The van der Waals surface area contributed by atoms with E-state index in [-0.39, 0.29) is 6.10 Å². The van der Waals surface area contributed by atoms with Crippen LogP contribution >= 0.6 is 0 Å². The van der Waals surface area contributed by atoms with E-state index in [0.717, 1.165) is 13.1 Å². The summed E-state index contributed by atoms with van der Waals surface area (Å²) in [5, 5.41) is 0. The summed E-state index contributed by atoms with van der Waals surface area (Å²) in [5.41, 5.74) is 0. The second-order valence-corrected chi connectivity index (χ2v) is 6.52. The molecule has 0 radical (unpaired) electrons. The molecule has 106 valence electrons. The maximum Gasteiger partial charge on any atom is 0.240 e. The van der Waals surface area contributed by atoms with Crippen LogP contribution in [0.1, 0.15) is 6.42 Å². The van der Waals surface area contributed by atoms with Gasteiger partial charge in [-0.3, -0.25) is 0 Å². The molecule has 0 aromatic heterocycles. The van der Waals surface area contributed by atoms with Crippen molar-refractivity contribution in [3.8, 4) is 0 Å². The van der Waals surface area contributed by atoms with E-state index in [2.05, 4.69) is 9.62 Å². The van der Waals surface area contributed by atoms with Crippen molar-refractivity contribution in [3.63, 3.8) is 0 Å². The molecule has 2 rings (SSSR count). The van der Waals surface area contributed by atoms with E-state index in [1.54, 1.807) is 30.3 Å². The minimum Gasteiger partial charge on any atom is -0.376 e. The Morgan fingerprint density at radius 2 is 2.11 bits per heavy atom. The van der Waals surface area contributed by atoms with Crippen molar-refractivity contribution in [1.29, 1.82) is 0 Å². The van der Waals surface area contributed by atoms with Gasteiger partial charge in [0, 0.05) is 19.6 Å². The van der Waals surface area contributed by atoms with Gasteiger partial charge in [0.15, 0.2) is 0 Å². The van der Waals surface area contributed by atoms with Crippen LogP contribution in [0.3, 0.4) is 0 Å². The average molecular weight is 284 g/mol. The van der Waals surface area contributed by atoms with Crippen LogP contribution in [0.4, 0.5) is 0 Å². The van der Waals surface area contributed by atoms with Gasteiger partial charge in [-0.2, -0.15) is 0 Å². The first-order chi connectivity index (χ1) is 9.08. The molecule has 1 N–H and O–H groups in total. The van der Waals surface area contributed by atoms with Crippen LogP contribution in [0.15, 0.2) is 35.2 Å². The van der Waals surface area contributed by atoms with E-state index < -0.39 is 10.0 Å². The Hall–Kier alpha value is -0.950. The highest BCUT2D eigenvalue weighted by Gasteiger charge is 2.19. The maximum atomic E-state index is 12.0. The molecule has 5 nitrogen and oxygen atoms in total. The smallest absolute Gasteiger partial charge is 0.240 e. The molecule has 19 heavy (non-hydrogen) atoms. The molecular weight excluding hydrogens is 264 g/mol. The Balaban J connectivity index is 1.82. The number of nitrogens with one attached hydrogen (secondary N) is 1. The van der Waals surface area contributed by atoms with Crippen LogP contribution in [0.25, 0.3) is 0 Å². The molecule has 1 atom stereocenters. The SMILES string of the molecule is CN1CCOC(CCNS(=O)(=O)c2ccccc2)C1. The molecule has 1 aliphatic rings. The van der Waals surface area contributed by atoms with Crippen LogP contribution in [-0.4, -0.2) is 52.7 Å². The third-order valence-corrected chi connectivity index (χ3v) is 4.63. The molecule has 0 saturated carbocycles. The van der Waals surface area contributed by atoms with E-state index in [9.17, 15) is 8.42 Å². The summed E-state index contributed by atoms with van der Waals surface area (Å²) in [6.45, 7) is 2.90. The lowest BCUT2D eigenvalue weighted by Gasteiger charge is -2.30. The first kappa shape index (κ1) is 14.5. The van der Waals surface area contributed by atoms with Crippen molar-refractivity contribution < 1.29 is 13.2 Å². The summed E-state index contributed by atoms with van der Waals surface area (Å²) >= 11 is 0. The van der Waals surface area contributed by atoms with E-state index in [0.29, 0.717) is 24.5 Å². The molecule has 0 amide bonds. The first-order valence-electron chi connectivity index (χ1n) is 6.43. The predicted molar refractivity (Wildman–Crippen MR) is 73.5 cm³/mol. The molecule has 1 fully saturated rings. The average Bonchev–Trinajstić information content (AvgIpc) is 2.40. The molecule has 0 spiro atoms. The number of benzene rings is 1. The van der Waals surface area contributed by atoms with E-state index in [1.165, 1.54) is 0 Å². The Kier molecular flexibility index (Phi) is 4.93. The quantitative estimate of drug-likeness (QED) is 0.864. The standard InChI is InChI=1S/C13H20N2O3S/c1-15-9-10-18-12(11-15)7-8-14-19(16,17)13-5-3-2-4-6-13/h2-6,12,14H,7-11H2,1H3. The number of nitrogens with zero attached hydrogens (tertiary/aromatic N) is 1. The van der Waals surface area contributed by atoms with Crippen LogP contribution in [0, 0.1) is 0 Å². The second kappa shape index (κ2) is 6.47. The van der Waals surface area contributed by atoms with Gasteiger partial charge in [0.25, 0.3) is 0 Å². The summed E-state index contributed by atoms with van der Waals surface area (Å²) in [6.07, 6.45) is 0.799. The Morgan fingerprint density at radius 1 is 1.37 bits per heavy atom. The van der Waals surface area contributed by atoms with Gasteiger partial charge in [-0.1, -0.05) is 18.2 Å². The van der Waals surface area contributed by atoms with Gasteiger partial charge in [0.2, 0.25) is 10.0 Å². The van der Waals surface area contributed by atoms with Gasteiger partial charge in [0.1, 0.15) is 0 Å². The molecule has 1 aliphatic heterocycles. The number of hydrogen-bond donors (Lipinski definition) is 1. The number of ether oxygens (including phenoxy) is 1. The van der Waals surface area contributed by atoms with Gasteiger partial charge in [-0.15, -0.1) is 0 Å². The predicted octanol–water partition coefficient (Wildman–Crippen LogP) is 0.686. The van der Waals surface area contributed by atoms with Crippen molar-refractivity contribution in [2.45, 2.75) is 17.4 Å². The molecule has 1 unspecified atom stereocenters. The number of morpholine rings is 1. The lowest BCUT2D eigenvalue weighted by Crippen LogP contribution is -2.41. The fourth-order valence-corrected chi connectivity index (χ4v) is 3.15. The highest BCUT2D eigenvalue weighted by molar-refractivity contribution is 7.89. The molecule has 1 saturated heterocycles. The summed E-state index contributed by atoms with van der Waals surface area (Å²) in [5.74, 6) is 0. The number of rotatable bonds is 5.